The van der Waals surface area contributed by atoms with Crippen LogP contribution in [0.5, 0.6) is 0 Å². The van der Waals surface area contributed by atoms with E-state index < -0.39 is 0 Å². The number of benzene rings is 2. The number of aryl methyl sites for hydroxylation is 1. The van der Waals surface area contributed by atoms with Gasteiger partial charge in [-0.25, -0.2) is 0 Å². The summed E-state index contributed by atoms with van der Waals surface area (Å²) in [5.74, 6) is 0.0248. The van der Waals surface area contributed by atoms with Crippen LogP contribution in [0, 0.1) is 6.92 Å². The maximum atomic E-state index is 12.2. The Morgan fingerprint density at radius 1 is 1.05 bits per heavy atom. The maximum absolute atomic E-state index is 12.2. The molecule has 0 saturated carbocycles. The summed E-state index contributed by atoms with van der Waals surface area (Å²) < 4.78 is 0. The van der Waals surface area contributed by atoms with Gasteiger partial charge in [-0.05, 0) is 36.8 Å². The van der Waals surface area contributed by atoms with E-state index in [0.717, 1.165) is 16.8 Å². The summed E-state index contributed by atoms with van der Waals surface area (Å²) in [4.78, 5) is 13.9. The van der Waals surface area contributed by atoms with Crippen LogP contribution in [-0.4, -0.2) is 17.9 Å². The Kier molecular flexibility index (Phi) is 3.85. The highest BCUT2D eigenvalue weighted by Crippen LogP contribution is 2.11. The van der Waals surface area contributed by atoms with Crippen molar-refractivity contribution in [1.29, 1.82) is 0 Å². The molecule has 2 aromatic carbocycles. The number of nitrogens with zero attached hydrogens (tertiary/aromatic N) is 1. The molecule has 0 bridgehead atoms. The van der Waals surface area contributed by atoms with Crippen molar-refractivity contribution in [3.63, 3.8) is 0 Å². The van der Waals surface area contributed by atoms with E-state index in [1.165, 1.54) is 0 Å². The fourth-order valence-electron chi connectivity index (χ4n) is 1.89. The molecule has 0 aliphatic carbocycles. The lowest BCUT2D eigenvalue weighted by Crippen LogP contribution is -2.26. The second-order valence-electron chi connectivity index (χ2n) is 4.77. The highest BCUT2D eigenvalue weighted by Gasteiger charge is 2.11. The average Bonchev–Trinajstić information content (AvgIpc) is 2.41. The van der Waals surface area contributed by atoms with Gasteiger partial charge in [0.2, 0.25) is 0 Å². The monoisotopic (exact) mass is 254 g/mol. The van der Waals surface area contributed by atoms with Crippen molar-refractivity contribution in [3.8, 4) is 0 Å². The van der Waals surface area contributed by atoms with Crippen LogP contribution in [-0.2, 0) is 6.54 Å². The van der Waals surface area contributed by atoms with Gasteiger partial charge in [0.15, 0.2) is 0 Å². The molecule has 3 nitrogen and oxygen atoms in total. The molecule has 3 heteroatoms. The average molecular weight is 254 g/mol. The van der Waals surface area contributed by atoms with Gasteiger partial charge in [0, 0.05) is 24.8 Å². The summed E-state index contributed by atoms with van der Waals surface area (Å²) in [6.45, 7) is 2.58. The van der Waals surface area contributed by atoms with Gasteiger partial charge in [-0.3, -0.25) is 4.79 Å². The largest absolute Gasteiger partial charge is 0.399 e. The molecule has 0 aromatic heterocycles. The van der Waals surface area contributed by atoms with Crippen LogP contribution in [0.2, 0.25) is 0 Å². The van der Waals surface area contributed by atoms with Crippen molar-refractivity contribution in [2.45, 2.75) is 13.5 Å². The van der Waals surface area contributed by atoms with Crippen LogP contribution in [0.25, 0.3) is 0 Å². The summed E-state index contributed by atoms with van der Waals surface area (Å²) in [5, 5.41) is 0. The lowest BCUT2D eigenvalue weighted by molar-refractivity contribution is 0.0785. The fourth-order valence-corrected chi connectivity index (χ4v) is 1.89. The predicted octanol–water partition coefficient (Wildman–Crippen LogP) is 2.85. The fraction of sp³-hybridized carbons (Fsp3) is 0.188. The first-order valence-electron chi connectivity index (χ1n) is 6.23. The van der Waals surface area contributed by atoms with E-state index in [1.54, 1.807) is 11.9 Å². The molecule has 0 radical (unpaired) electrons. The van der Waals surface area contributed by atoms with Crippen LogP contribution < -0.4 is 5.73 Å². The second-order valence-corrected chi connectivity index (χ2v) is 4.77. The highest BCUT2D eigenvalue weighted by molar-refractivity contribution is 5.94. The van der Waals surface area contributed by atoms with Crippen molar-refractivity contribution < 1.29 is 4.79 Å². The normalized spacial score (nSPS) is 10.2. The zero-order chi connectivity index (χ0) is 13.8. The number of carbonyl (C=O) groups is 1. The zero-order valence-corrected chi connectivity index (χ0v) is 11.3. The molecule has 2 N–H and O–H groups in total. The molecule has 0 aliphatic rings. The molecule has 0 heterocycles. The second kappa shape index (κ2) is 5.57. The van der Waals surface area contributed by atoms with Crippen LogP contribution in [0.3, 0.4) is 0 Å². The van der Waals surface area contributed by atoms with Gasteiger partial charge in [-0.2, -0.15) is 0 Å². The minimum Gasteiger partial charge on any atom is -0.399 e. The number of anilines is 1. The Morgan fingerprint density at radius 3 is 2.21 bits per heavy atom. The van der Waals surface area contributed by atoms with Gasteiger partial charge in [-0.1, -0.05) is 29.8 Å². The molecule has 0 fully saturated rings. The number of nitrogen functional groups attached to an aromatic ring is 1. The number of hydrogen-bond donors (Lipinski definition) is 1. The summed E-state index contributed by atoms with van der Waals surface area (Å²) in [5.41, 5.74) is 9.30. The summed E-state index contributed by atoms with van der Waals surface area (Å²) >= 11 is 0. The molecule has 0 aliphatic heterocycles. The molecule has 0 unspecified atom stereocenters. The topological polar surface area (TPSA) is 46.3 Å². The quantitative estimate of drug-likeness (QED) is 0.856. The van der Waals surface area contributed by atoms with E-state index in [1.807, 2.05) is 55.5 Å². The van der Waals surface area contributed by atoms with Crippen LogP contribution >= 0.6 is 0 Å². The first-order valence-corrected chi connectivity index (χ1v) is 6.23. The Labute approximate surface area is 113 Å². The predicted molar refractivity (Wildman–Crippen MR) is 77.8 cm³/mol. The third kappa shape index (κ3) is 3.35. The van der Waals surface area contributed by atoms with E-state index in [-0.39, 0.29) is 5.91 Å². The minimum atomic E-state index is 0.0248. The molecule has 0 atom stereocenters. The van der Waals surface area contributed by atoms with E-state index in [9.17, 15) is 4.79 Å². The molecule has 0 saturated heterocycles. The molecular formula is C16H18N2O. The Bertz CT molecular complexity index is 558. The Hall–Kier alpha value is -2.29. The highest BCUT2D eigenvalue weighted by atomic mass is 16.2. The van der Waals surface area contributed by atoms with E-state index in [2.05, 4.69) is 0 Å². The van der Waals surface area contributed by atoms with E-state index in [4.69, 9.17) is 5.73 Å². The number of rotatable bonds is 3. The van der Waals surface area contributed by atoms with Crippen LogP contribution in [0.15, 0.2) is 48.5 Å². The summed E-state index contributed by atoms with van der Waals surface area (Å²) in [6.07, 6.45) is 0. The first-order chi connectivity index (χ1) is 9.06. The van der Waals surface area contributed by atoms with Gasteiger partial charge < -0.3 is 10.6 Å². The lowest BCUT2D eigenvalue weighted by Gasteiger charge is -2.17. The van der Waals surface area contributed by atoms with Gasteiger partial charge in [0.1, 0.15) is 0 Å². The minimum absolute atomic E-state index is 0.0248. The summed E-state index contributed by atoms with van der Waals surface area (Å²) in [6, 6.07) is 15.2. The first kappa shape index (κ1) is 13.1. The van der Waals surface area contributed by atoms with Gasteiger partial charge in [-0.15, -0.1) is 0 Å². The lowest BCUT2D eigenvalue weighted by atomic mass is 10.1. The van der Waals surface area contributed by atoms with Crippen LogP contribution in [0.4, 0.5) is 5.69 Å². The Morgan fingerprint density at radius 2 is 1.63 bits per heavy atom. The van der Waals surface area contributed by atoms with E-state index >= 15 is 0 Å². The third-order valence-corrected chi connectivity index (χ3v) is 3.04. The maximum Gasteiger partial charge on any atom is 0.253 e. The summed E-state index contributed by atoms with van der Waals surface area (Å²) in [7, 11) is 1.80. The van der Waals surface area contributed by atoms with Gasteiger partial charge in [0.05, 0.1) is 0 Å². The molecule has 0 spiro atoms. The molecule has 1 amide bonds. The molecule has 98 valence electrons. The van der Waals surface area contributed by atoms with E-state index in [0.29, 0.717) is 12.1 Å². The third-order valence-electron chi connectivity index (χ3n) is 3.04. The van der Waals surface area contributed by atoms with Gasteiger partial charge >= 0.3 is 0 Å². The van der Waals surface area contributed by atoms with Crippen molar-refractivity contribution in [3.05, 3.63) is 65.2 Å². The molecular weight excluding hydrogens is 236 g/mol. The van der Waals surface area contributed by atoms with Crippen molar-refractivity contribution in [2.24, 2.45) is 0 Å². The standard InChI is InChI=1S/C16H18N2O/c1-12-3-7-14(8-4-12)16(19)18(2)11-13-5-9-15(17)10-6-13/h3-10H,11,17H2,1-2H3. The number of amides is 1. The number of hydrogen-bond acceptors (Lipinski definition) is 2. The zero-order valence-electron chi connectivity index (χ0n) is 11.3. The molecule has 2 rings (SSSR count). The van der Waals surface area contributed by atoms with Crippen molar-refractivity contribution >= 4 is 11.6 Å². The number of carbonyl (C=O) groups excluding carboxylic acids is 1. The smallest absolute Gasteiger partial charge is 0.253 e. The molecule has 2 aromatic rings. The SMILES string of the molecule is Cc1ccc(C(=O)N(C)Cc2ccc(N)cc2)cc1. The van der Waals surface area contributed by atoms with Crippen molar-refractivity contribution in [1.82, 2.24) is 4.90 Å². The molecule has 19 heavy (non-hydrogen) atoms. The Balaban J connectivity index is 2.07. The van der Waals surface area contributed by atoms with Gasteiger partial charge in [0.25, 0.3) is 5.91 Å². The van der Waals surface area contributed by atoms with Crippen LogP contribution in [0.1, 0.15) is 21.5 Å². The number of nitrogens with two attached hydrogens (primary N) is 1. The van der Waals surface area contributed by atoms with Crippen molar-refractivity contribution in [2.75, 3.05) is 12.8 Å².